The molecule has 8 nitrogen and oxygen atoms in total. The first-order chi connectivity index (χ1) is 8.38. The maximum absolute atomic E-state index is 11.8. The summed E-state index contributed by atoms with van der Waals surface area (Å²) in [5.41, 5.74) is 0. The van der Waals surface area contributed by atoms with Crippen molar-refractivity contribution in [2.75, 3.05) is 4.72 Å². The standard InChI is InChI=1S/C8H7N3O5S2/c1-4-9-8(16-10-4)11-18(14,15)5-2-6(7(12)13)17-3-5/h2-3H,1H3,(H,12,13)(H,9,10,11). The molecule has 18 heavy (non-hydrogen) atoms. The number of nitrogens with zero attached hydrogens (tertiary/aromatic N) is 2. The summed E-state index contributed by atoms with van der Waals surface area (Å²) in [4.78, 5) is 14.1. The van der Waals surface area contributed by atoms with E-state index in [1.807, 2.05) is 0 Å². The van der Waals surface area contributed by atoms with Crippen molar-refractivity contribution in [2.45, 2.75) is 11.8 Å². The third-order valence-electron chi connectivity index (χ3n) is 1.85. The van der Waals surface area contributed by atoms with Crippen molar-refractivity contribution in [3.63, 3.8) is 0 Å². The maximum atomic E-state index is 11.8. The molecule has 0 spiro atoms. The van der Waals surface area contributed by atoms with Gasteiger partial charge in [-0.2, -0.15) is 4.98 Å². The topological polar surface area (TPSA) is 122 Å². The van der Waals surface area contributed by atoms with Crippen LogP contribution in [0.25, 0.3) is 0 Å². The number of carboxylic acid groups (broad SMARTS) is 1. The molecule has 0 saturated heterocycles. The molecule has 96 valence electrons. The number of aromatic carboxylic acids is 1. The largest absolute Gasteiger partial charge is 0.477 e. The normalized spacial score (nSPS) is 11.4. The number of hydrogen-bond donors (Lipinski definition) is 2. The molecule has 0 fully saturated rings. The van der Waals surface area contributed by atoms with E-state index < -0.39 is 16.0 Å². The predicted molar refractivity (Wildman–Crippen MR) is 61.1 cm³/mol. The van der Waals surface area contributed by atoms with Gasteiger partial charge in [-0.25, -0.2) is 17.9 Å². The first kappa shape index (κ1) is 12.5. The van der Waals surface area contributed by atoms with E-state index in [-0.39, 0.29) is 21.6 Å². The van der Waals surface area contributed by atoms with E-state index in [4.69, 9.17) is 5.11 Å². The zero-order valence-electron chi connectivity index (χ0n) is 8.95. The number of anilines is 1. The Morgan fingerprint density at radius 3 is 2.78 bits per heavy atom. The zero-order chi connectivity index (χ0) is 13.3. The fraction of sp³-hybridized carbons (Fsp3) is 0.125. The predicted octanol–water partition coefficient (Wildman–Crippen LogP) is 0.939. The van der Waals surface area contributed by atoms with Crippen LogP contribution in [-0.2, 0) is 10.0 Å². The van der Waals surface area contributed by atoms with Gasteiger partial charge < -0.3 is 9.63 Å². The van der Waals surface area contributed by atoms with Crippen LogP contribution in [0, 0.1) is 6.92 Å². The lowest BCUT2D eigenvalue weighted by Gasteiger charge is -1.99. The Labute approximate surface area is 105 Å². The molecular formula is C8H7N3O5S2. The summed E-state index contributed by atoms with van der Waals surface area (Å²) in [5, 5.41) is 13.4. The highest BCUT2D eigenvalue weighted by Crippen LogP contribution is 2.21. The van der Waals surface area contributed by atoms with Crippen LogP contribution in [0.15, 0.2) is 20.9 Å². The maximum Gasteiger partial charge on any atom is 0.345 e. The molecule has 10 heteroatoms. The first-order valence-corrected chi connectivity index (χ1v) is 6.90. The van der Waals surface area contributed by atoms with Crippen molar-refractivity contribution in [1.82, 2.24) is 10.1 Å². The van der Waals surface area contributed by atoms with Crippen molar-refractivity contribution in [1.29, 1.82) is 0 Å². The summed E-state index contributed by atoms with van der Waals surface area (Å²) in [6, 6.07) is 0.786. The number of aromatic nitrogens is 2. The van der Waals surface area contributed by atoms with Gasteiger partial charge >= 0.3 is 12.0 Å². The zero-order valence-corrected chi connectivity index (χ0v) is 10.6. The molecule has 0 unspecified atom stereocenters. The van der Waals surface area contributed by atoms with Gasteiger partial charge in [-0.1, -0.05) is 5.16 Å². The lowest BCUT2D eigenvalue weighted by Crippen LogP contribution is -2.12. The summed E-state index contributed by atoms with van der Waals surface area (Å²) < 4.78 is 30.3. The molecule has 0 aliphatic carbocycles. The van der Waals surface area contributed by atoms with Crippen LogP contribution in [0.5, 0.6) is 0 Å². The first-order valence-electron chi connectivity index (χ1n) is 4.53. The fourth-order valence-corrected chi connectivity index (χ4v) is 3.12. The Kier molecular flexibility index (Phi) is 3.05. The van der Waals surface area contributed by atoms with E-state index in [0.29, 0.717) is 0 Å². The van der Waals surface area contributed by atoms with Crippen molar-refractivity contribution in [3.8, 4) is 0 Å². The van der Waals surface area contributed by atoms with Gasteiger partial charge in [-0.15, -0.1) is 11.3 Å². The molecule has 2 aromatic rings. The van der Waals surface area contributed by atoms with E-state index in [9.17, 15) is 13.2 Å². The van der Waals surface area contributed by atoms with Crippen LogP contribution in [0.3, 0.4) is 0 Å². The van der Waals surface area contributed by atoms with Gasteiger partial charge in [0.2, 0.25) is 0 Å². The minimum Gasteiger partial charge on any atom is -0.477 e. The Morgan fingerprint density at radius 2 is 2.28 bits per heavy atom. The van der Waals surface area contributed by atoms with Gasteiger partial charge in [0, 0.05) is 5.38 Å². The summed E-state index contributed by atoms with van der Waals surface area (Å²) >= 11 is 0.815. The highest BCUT2D eigenvalue weighted by atomic mass is 32.2. The van der Waals surface area contributed by atoms with Gasteiger partial charge in [0.1, 0.15) is 4.88 Å². The molecular weight excluding hydrogens is 282 g/mol. The molecule has 0 amide bonds. The molecule has 2 N–H and O–H groups in total. The number of hydrogen-bond acceptors (Lipinski definition) is 7. The molecule has 0 saturated carbocycles. The number of aryl methyl sites for hydroxylation is 1. The highest BCUT2D eigenvalue weighted by molar-refractivity contribution is 7.92. The summed E-state index contributed by atoms with van der Waals surface area (Å²) in [6.07, 6.45) is 0. The molecule has 0 aliphatic heterocycles. The van der Waals surface area contributed by atoms with Crippen LogP contribution in [0.4, 0.5) is 6.01 Å². The molecule has 0 radical (unpaired) electrons. The smallest absolute Gasteiger partial charge is 0.345 e. The second-order valence-corrected chi connectivity index (χ2v) is 5.80. The van der Waals surface area contributed by atoms with Gasteiger partial charge in [-0.05, 0) is 13.0 Å². The van der Waals surface area contributed by atoms with Crippen molar-refractivity contribution < 1.29 is 22.8 Å². The van der Waals surface area contributed by atoms with Gasteiger partial charge in [0.25, 0.3) is 10.0 Å². The molecule has 0 atom stereocenters. The lowest BCUT2D eigenvalue weighted by atomic mass is 10.5. The van der Waals surface area contributed by atoms with Crippen LogP contribution in [0.2, 0.25) is 0 Å². The minimum absolute atomic E-state index is 0.0721. The fourth-order valence-electron chi connectivity index (χ4n) is 1.08. The second-order valence-electron chi connectivity index (χ2n) is 3.20. The van der Waals surface area contributed by atoms with E-state index in [1.165, 1.54) is 12.3 Å². The number of carbonyl (C=O) groups is 1. The van der Waals surface area contributed by atoms with Crippen LogP contribution >= 0.6 is 11.3 Å². The average molecular weight is 289 g/mol. The SMILES string of the molecule is Cc1noc(NS(=O)(=O)c2csc(C(=O)O)c2)n1. The lowest BCUT2D eigenvalue weighted by molar-refractivity contribution is 0.0702. The Bertz CT molecular complexity index is 687. The molecule has 2 heterocycles. The molecule has 0 bridgehead atoms. The van der Waals surface area contributed by atoms with Crippen molar-refractivity contribution >= 4 is 33.3 Å². The number of rotatable bonds is 4. The number of thiophene rings is 1. The van der Waals surface area contributed by atoms with E-state index >= 15 is 0 Å². The van der Waals surface area contributed by atoms with Gasteiger partial charge in [0.15, 0.2) is 5.82 Å². The Balaban J connectivity index is 2.27. The van der Waals surface area contributed by atoms with Gasteiger partial charge in [0.05, 0.1) is 4.90 Å². The Morgan fingerprint density at radius 1 is 1.56 bits per heavy atom. The molecule has 2 rings (SSSR count). The monoisotopic (exact) mass is 289 g/mol. The highest BCUT2D eigenvalue weighted by Gasteiger charge is 2.20. The number of nitrogens with one attached hydrogen (secondary N) is 1. The van der Waals surface area contributed by atoms with Crippen LogP contribution < -0.4 is 4.72 Å². The molecule has 0 aromatic carbocycles. The number of sulfonamides is 1. The minimum atomic E-state index is -3.91. The van der Waals surface area contributed by atoms with Crippen molar-refractivity contribution in [2.24, 2.45) is 0 Å². The van der Waals surface area contributed by atoms with Crippen LogP contribution in [0.1, 0.15) is 15.5 Å². The molecule has 0 aliphatic rings. The number of carboxylic acids is 1. The third kappa shape index (κ3) is 2.49. The van der Waals surface area contributed by atoms with E-state index in [1.54, 1.807) is 0 Å². The quantitative estimate of drug-likeness (QED) is 0.858. The second kappa shape index (κ2) is 4.38. The van der Waals surface area contributed by atoms with E-state index in [2.05, 4.69) is 19.4 Å². The third-order valence-corrected chi connectivity index (χ3v) is 4.21. The Hall–Kier alpha value is -1.94. The summed E-state index contributed by atoms with van der Waals surface area (Å²) in [6.45, 7) is 1.54. The van der Waals surface area contributed by atoms with E-state index in [0.717, 1.165) is 17.4 Å². The van der Waals surface area contributed by atoms with Gasteiger partial charge in [-0.3, -0.25) is 0 Å². The average Bonchev–Trinajstić information content (AvgIpc) is 2.86. The van der Waals surface area contributed by atoms with Crippen molar-refractivity contribution in [3.05, 3.63) is 22.1 Å². The summed E-state index contributed by atoms with van der Waals surface area (Å²) in [5.74, 6) is -0.903. The molecule has 2 aromatic heterocycles. The summed E-state index contributed by atoms with van der Waals surface area (Å²) in [7, 11) is -3.91. The van der Waals surface area contributed by atoms with Crippen LogP contribution in [-0.4, -0.2) is 29.6 Å².